The van der Waals surface area contributed by atoms with Crippen molar-refractivity contribution in [2.24, 2.45) is 5.92 Å². The molecule has 2 fully saturated rings. The Morgan fingerprint density at radius 1 is 1.19 bits per heavy atom. The molecule has 21 heavy (non-hydrogen) atoms. The molecule has 1 saturated carbocycles. The van der Waals surface area contributed by atoms with E-state index < -0.39 is 0 Å². The zero-order chi connectivity index (χ0) is 14.8. The van der Waals surface area contributed by atoms with Crippen molar-refractivity contribution < 1.29 is 4.52 Å². The third kappa shape index (κ3) is 3.16. The van der Waals surface area contributed by atoms with Gasteiger partial charge in [0.1, 0.15) is 5.76 Å². The molecule has 2 aliphatic rings. The minimum Gasteiger partial charge on any atom is -0.361 e. The van der Waals surface area contributed by atoms with E-state index >= 15 is 0 Å². The molecule has 1 aliphatic carbocycles. The highest BCUT2D eigenvalue weighted by molar-refractivity contribution is 5.24. The van der Waals surface area contributed by atoms with E-state index in [4.69, 9.17) is 4.52 Å². The van der Waals surface area contributed by atoms with Gasteiger partial charge in [-0.05, 0) is 58.9 Å². The molecular weight excluding hydrogens is 262 g/mol. The van der Waals surface area contributed by atoms with Gasteiger partial charge in [0, 0.05) is 23.7 Å². The van der Waals surface area contributed by atoms with Crippen molar-refractivity contribution in [3.05, 3.63) is 17.0 Å². The minimum absolute atomic E-state index is 0.322. The maximum absolute atomic E-state index is 5.33. The fourth-order valence-electron chi connectivity index (χ4n) is 4.44. The van der Waals surface area contributed by atoms with E-state index in [0.29, 0.717) is 12.1 Å². The molecule has 1 saturated heterocycles. The number of hydrogen-bond acceptors (Lipinski definition) is 4. The zero-order valence-corrected chi connectivity index (χ0v) is 13.6. The summed E-state index contributed by atoms with van der Waals surface area (Å²) in [5.41, 5.74) is 2.28. The van der Waals surface area contributed by atoms with Gasteiger partial charge in [0.25, 0.3) is 0 Å². The van der Waals surface area contributed by atoms with Crippen LogP contribution in [-0.2, 0) is 0 Å². The molecule has 4 heteroatoms. The van der Waals surface area contributed by atoms with Gasteiger partial charge in [-0.25, -0.2) is 0 Å². The van der Waals surface area contributed by atoms with Crippen molar-refractivity contribution in [3.63, 3.8) is 0 Å². The van der Waals surface area contributed by atoms with Gasteiger partial charge < -0.3 is 15.2 Å². The Balaban J connectivity index is 1.69. The smallest absolute Gasteiger partial charge is 0.138 e. The quantitative estimate of drug-likeness (QED) is 0.894. The summed E-state index contributed by atoms with van der Waals surface area (Å²) in [5.74, 6) is 1.74. The Kier molecular flexibility index (Phi) is 4.65. The maximum atomic E-state index is 5.33. The van der Waals surface area contributed by atoms with Crippen molar-refractivity contribution in [1.82, 2.24) is 15.8 Å². The summed E-state index contributed by atoms with van der Waals surface area (Å²) in [5, 5.41) is 11.7. The van der Waals surface area contributed by atoms with Crippen molar-refractivity contribution >= 4 is 0 Å². The van der Waals surface area contributed by atoms with E-state index in [2.05, 4.69) is 22.7 Å². The van der Waals surface area contributed by atoms with Crippen LogP contribution < -0.4 is 10.6 Å². The highest BCUT2D eigenvalue weighted by atomic mass is 16.5. The van der Waals surface area contributed by atoms with Crippen LogP contribution in [0.25, 0.3) is 0 Å². The lowest BCUT2D eigenvalue weighted by atomic mass is 9.78. The Morgan fingerprint density at radius 2 is 2.00 bits per heavy atom. The van der Waals surface area contributed by atoms with Crippen LogP contribution in [0.3, 0.4) is 0 Å². The van der Waals surface area contributed by atoms with E-state index in [1.54, 1.807) is 0 Å². The highest BCUT2D eigenvalue weighted by Crippen LogP contribution is 2.32. The van der Waals surface area contributed by atoms with Crippen LogP contribution in [-0.4, -0.2) is 23.8 Å². The molecule has 4 nitrogen and oxygen atoms in total. The van der Waals surface area contributed by atoms with Crippen molar-refractivity contribution in [3.8, 4) is 0 Å². The topological polar surface area (TPSA) is 50.1 Å². The summed E-state index contributed by atoms with van der Waals surface area (Å²) in [6.45, 7) is 7.51. The Labute approximate surface area is 128 Å². The molecule has 0 aromatic carbocycles. The van der Waals surface area contributed by atoms with Gasteiger partial charge in [-0.3, -0.25) is 0 Å². The van der Waals surface area contributed by atoms with Gasteiger partial charge >= 0.3 is 0 Å². The van der Waals surface area contributed by atoms with Crippen LogP contribution in [0.4, 0.5) is 0 Å². The van der Waals surface area contributed by atoms with Crippen LogP contribution in [0.15, 0.2) is 4.52 Å². The first-order chi connectivity index (χ1) is 10.2. The van der Waals surface area contributed by atoms with Crippen molar-refractivity contribution in [2.45, 2.75) is 77.4 Å². The van der Waals surface area contributed by atoms with Crippen molar-refractivity contribution in [1.29, 1.82) is 0 Å². The summed E-state index contributed by atoms with van der Waals surface area (Å²) < 4.78 is 5.33. The lowest BCUT2D eigenvalue weighted by Crippen LogP contribution is -2.47. The van der Waals surface area contributed by atoms with Crippen molar-refractivity contribution in [2.75, 3.05) is 6.54 Å². The van der Waals surface area contributed by atoms with Crippen LogP contribution in [0.2, 0.25) is 0 Å². The fraction of sp³-hybridized carbons (Fsp3) is 0.824. The summed E-state index contributed by atoms with van der Waals surface area (Å²) in [4.78, 5) is 0. The molecule has 1 aromatic heterocycles. The first-order valence-electron chi connectivity index (χ1n) is 8.59. The minimum atomic E-state index is 0.322. The standard InChI is InChI=1S/C17H29N3O/c1-11(17-12(2)20-21-13(17)3)19-16-8-5-4-7-14(16)15-9-6-10-18-15/h11,14-16,18-19H,4-10H2,1-3H3. The molecule has 4 unspecified atom stereocenters. The van der Waals surface area contributed by atoms with E-state index in [1.165, 1.54) is 50.6 Å². The zero-order valence-electron chi connectivity index (χ0n) is 13.6. The molecule has 0 amide bonds. The van der Waals surface area contributed by atoms with Gasteiger partial charge in [-0.1, -0.05) is 18.0 Å². The molecule has 2 N–H and O–H groups in total. The van der Waals surface area contributed by atoms with Crippen LogP contribution in [0.5, 0.6) is 0 Å². The number of aromatic nitrogens is 1. The molecule has 2 heterocycles. The molecule has 1 aromatic rings. The average molecular weight is 291 g/mol. The second-order valence-corrected chi connectivity index (χ2v) is 6.88. The summed E-state index contributed by atoms with van der Waals surface area (Å²) in [6, 6.07) is 1.67. The Morgan fingerprint density at radius 3 is 2.67 bits per heavy atom. The predicted molar refractivity (Wildman–Crippen MR) is 84.3 cm³/mol. The second-order valence-electron chi connectivity index (χ2n) is 6.88. The van der Waals surface area contributed by atoms with E-state index in [1.807, 2.05) is 13.8 Å². The van der Waals surface area contributed by atoms with Gasteiger partial charge in [-0.2, -0.15) is 0 Å². The molecule has 0 bridgehead atoms. The van der Waals surface area contributed by atoms with E-state index in [0.717, 1.165) is 23.4 Å². The normalized spacial score (nSPS) is 31.5. The third-order valence-corrected chi connectivity index (χ3v) is 5.42. The molecule has 0 spiro atoms. The fourth-order valence-corrected chi connectivity index (χ4v) is 4.44. The Bertz CT molecular complexity index is 445. The van der Waals surface area contributed by atoms with Crippen LogP contribution >= 0.6 is 0 Å². The van der Waals surface area contributed by atoms with Crippen LogP contribution in [0, 0.1) is 19.8 Å². The van der Waals surface area contributed by atoms with E-state index in [-0.39, 0.29) is 0 Å². The maximum Gasteiger partial charge on any atom is 0.138 e. The Hall–Kier alpha value is -0.870. The highest BCUT2D eigenvalue weighted by Gasteiger charge is 2.34. The third-order valence-electron chi connectivity index (χ3n) is 5.42. The number of rotatable bonds is 4. The number of hydrogen-bond donors (Lipinski definition) is 2. The van der Waals surface area contributed by atoms with Gasteiger partial charge in [0.05, 0.1) is 5.69 Å². The lowest BCUT2D eigenvalue weighted by Gasteiger charge is -2.38. The van der Waals surface area contributed by atoms with E-state index in [9.17, 15) is 0 Å². The lowest BCUT2D eigenvalue weighted by molar-refractivity contribution is 0.203. The first kappa shape index (κ1) is 15.0. The average Bonchev–Trinajstić information content (AvgIpc) is 3.10. The first-order valence-corrected chi connectivity index (χ1v) is 8.59. The molecule has 118 valence electrons. The number of nitrogens with one attached hydrogen (secondary N) is 2. The summed E-state index contributed by atoms with van der Waals surface area (Å²) in [7, 11) is 0. The molecule has 4 atom stereocenters. The van der Waals surface area contributed by atoms with Gasteiger partial charge in [-0.15, -0.1) is 0 Å². The van der Waals surface area contributed by atoms with Crippen LogP contribution in [0.1, 0.15) is 68.5 Å². The molecular formula is C17H29N3O. The molecule has 3 rings (SSSR count). The number of aryl methyl sites for hydroxylation is 2. The SMILES string of the molecule is Cc1noc(C)c1C(C)NC1CCCCC1C1CCCN1. The monoisotopic (exact) mass is 291 g/mol. The molecule has 0 radical (unpaired) electrons. The van der Waals surface area contributed by atoms with Gasteiger partial charge in [0.15, 0.2) is 0 Å². The van der Waals surface area contributed by atoms with Gasteiger partial charge in [0.2, 0.25) is 0 Å². The predicted octanol–water partition coefficient (Wildman–Crippen LogP) is 3.25. The molecule has 1 aliphatic heterocycles. The largest absolute Gasteiger partial charge is 0.361 e. The summed E-state index contributed by atoms with van der Waals surface area (Å²) >= 11 is 0. The second kappa shape index (κ2) is 6.49. The summed E-state index contributed by atoms with van der Waals surface area (Å²) in [6.07, 6.45) is 8.10. The number of nitrogens with zero attached hydrogens (tertiary/aromatic N) is 1.